The fourth-order valence-corrected chi connectivity index (χ4v) is 4.81. The molecule has 180 valence electrons. The summed E-state index contributed by atoms with van der Waals surface area (Å²) < 4.78 is 22.4. The Morgan fingerprint density at radius 2 is 1.81 bits per heavy atom. The Hall–Kier alpha value is -1.99. The summed E-state index contributed by atoms with van der Waals surface area (Å²) >= 11 is 0. The highest BCUT2D eigenvalue weighted by Crippen LogP contribution is 2.42. The third kappa shape index (κ3) is 6.75. The highest BCUT2D eigenvalue weighted by atomic mass is 16.5. The molecule has 0 atom stereocenters. The zero-order chi connectivity index (χ0) is 22.7. The second-order valence-electron chi connectivity index (χ2n) is 8.80. The van der Waals surface area contributed by atoms with Gasteiger partial charge in [-0.05, 0) is 49.8 Å². The van der Waals surface area contributed by atoms with Gasteiger partial charge in [0.1, 0.15) is 0 Å². The van der Waals surface area contributed by atoms with Crippen molar-refractivity contribution in [1.82, 2.24) is 10.6 Å². The summed E-state index contributed by atoms with van der Waals surface area (Å²) in [6.07, 6.45) is 9.43. The van der Waals surface area contributed by atoms with Gasteiger partial charge in [-0.1, -0.05) is 25.3 Å². The van der Waals surface area contributed by atoms with Crippen LogP contribution in [0, 0.1) is 0 Å². The van der Waals surface area contributed by atoms with Crippen LogP contribution in [0.2, 0.25) is 0 Å². The number of nitrogens with zero attached hydrogens (tertiary/aromatic N) is 1. The molecule has 0 unspecified atom stereocenters. The molecule has 0 amide bonds. The van der Waals surface area contributed by atoms with Gasteiger partial charge in [0, 0.05) is 45.4 Å². The predicted octanol–water partition coefficient (Wildman–Crippen LogP) is 3.66. The number of benzene rings is 1. The first-order valence-electron chi connectivity index (χ1n) is 12.1. The molecule has 2 aliphatic rings. The standard InChI is InChI=1S/C25H41N3O4/c1-26-24(27-14-7-15-32-21-10-16-31-17-11-21)28-19-25(12-5-4-6-13-25)20-8-9-22(29-2)23(18-20)30-3/h8-9,18,21H,4-7,10-17,19H2,1-3H3,(H2,26,27,28). The summed E-state index contributed by atoms with van der Waals surface area (Å²) in [5, 5.41) is 7.04. The summed E-state index contributed by atoms with van der Waals surface area (Å²) in [5.41, 5.74) is 1.38. The quantitative estimate of drug-likeness (QED) is 0.324. The molecule has 0 radical (unpaired) electrons. The van der Waals surface area contributed by atoms with Gasteiger partial charge in [0.05, 0.1) is 20.3 Å². The molecule has 1 saturated carbocycles. The summed E-state index contributed by atoms with van der Waals surface area (Å²) in [5.74, 6) is 2.42. The van der Waals surface area contributed by atoms with E-state index >= 15 is 0 Å². The number of nitrogens with one attached hydrogen (secondary N) is 2. The highest BCUT2D eigenvalue weighted by Gasteiger charge is 2.34. The van der Waals surface area contributed by atoms with Crippen LogP contribution in [-0.2, 0) is 14.9 Å². The van der Waals surface area contributed by atoms with Crippen LogP contribution in [0.5, 0.6) is 11.5 Å². The largest absolute Gasteiger partial charge is 0.493 e. The van der Waals surface area contributed by atoms with Gasteiger partial charge in [-0.25, -0.2) is 0 Å². The van der Waals surface area contributed by atoms with Crippen molar-refractivity contribution in [2.24, 2.45) is 4.99 Å². The Balaban J connectivity index is 1.52. The molecule has 1 heterocycles. The Labute approximate surface area is 193 Å². The molecule has 0 aromatic heterocycles. The molecule has 1 aliphatic carbocycles. The van der Waals surface area contributed by atoms with Crippen LogP contribution >= 0.6 is 0 Å². The molecular formula is C25H41N3O4. The van der Waals surface area contributed by atoms with E-state index in [9.17, 15) is 0 Å². The summed E-state index contributed by atoms with van der Waals surface area (Å²) in [6.45, 7) is 4.10. The summed E-state index contributed by atoms with van der Waals surface area (Å²) in [7, 11) is 5.21. The molecule has 1 aliphatic heterocycles. The monoisotopic (exact) mass is 447 g/mol. The average Bonchev–Trinajstić information content (AvgIpc) is 2.86. The van der Waals surface area contributed by atoms with E-state index in [-0.39, 0.29) is 5.41 Å². The van der Waals surface area contributed by atoms with Crippen molar-refractivity contribution in [1.29, 1.82) is 0 Å². The molecule has 7 nitrogen and oxygen atoms in total. The van der Waals surface area contributed by atoms with E-state index < -0.39 is 0 Å². The minimum absolute atomic E-state index is 0.0710. The lowest BCUT2D eigenvalue weighted by molar-refractivity contribution is -0.0320. The maximum atomic E-state index is 5.97. The maximum Gasteiger partial charge on any atom is 0.191 e. The van der Waals surface area contributed by atoms with Crippen LogP contribution < -0.4 is 20.1 Å². The molecule has 7 heteroatoms. The van der Waals surface area contributed by atoms with E-state index in [1.165, 1.54) is 24.8 Å². The fraction of sp³-hybridized carbons (Fsp3) is 0.720. The number of ether oxygens (including phenoxy) is 4. The van der Waals surface area contributed by atoms with Crippen molar-refractivity contribution >= 4 is 5.96 Å². The molecule has 0 spiro atoms. The van der Waals surface area contributed by atoms with Gasteiger partial charge in [0.2, 0.25) is 0 Å². The predicted molar refractivity (Wildman–Crippen MR) is 128 cm³/mol. The van der Waals surface area contributed by atoms with Gasteiger partial charge in [0.15, 0.2) is 17.5 Å². The van der Waals surface area contributed by atoms with Crippen molar-refractivity contribution in [3.8, 4) is 11.5 Å². The van der Waals surface area contributed by atoms with Crippen LogP contribution in [0.4, 0.5) is 0 Å². The van der Waals surface area contributed by atoms with Gasteiger partial charge >= 0.3 is 0 Å². The summed E-state index contributed by atoms with van der Waals surface area (Å²) in [4.78, 5) is 4.44. The third-order valence-corrected chi connectivity index (χ3v) is 6.76. The number of aliphatic imine (C=N–C) groups is 1. The number of hydrogen-bond donors (Lipinski definition) is 2. The third-order valence-electron chi connectivity index (χ3n) is 6.76. The smallest absolute Gasteiger partial charge is 0.191 e. The van der Waals surface area contributed by atoms with Gasteiger partial charge in [-0.2, -0.15) is 0 Å². The van der Waals surface area contributed by atoms with Gasteiger partial charge in [-0.15, -0.1) is 0 Å². The number of guanidine groups is 1. The molecule has 3 rings (SSSR count). The van der Waals surface area contributed by atoms with Crippen molar-refractivity contribution in [3.05, 3.63) is 23.8 Å². The first kappa shape index (κ1) is 24.6. The Bertz CT molecular complexity index is 713. The van der Waals surface area contributed by atoms with E-state index in [0.29, 0.717) is 6.10 Å². The fourth-order valence-electron chi connectivity index (χ4n) is 4.81. The molecule has 0 bridgehead atoms. The van der Waals surface area contributed by atoms with E-state index in [4.69, 9.17) is 18.9 Å². The zero-order valence-electron chi connectivity index (χ0n) is 20.1. The molecule has 2 N–H and O–H groups in total. The van der Waals surface area contributed by atoms with E-state index in [1.54, 1.807) is 14.2 Å². The lowest BCUT2D eigenvalue weighted by Crippen LogP contribution is -2.46. The number of rotatable bonds is 10. The lowest BCUT2D eigenvalue weighted by atomic mass is 9.69. The Morgan fingerprint density at radius 3 is 2.50 bits per heavy atom. The minimum atomic E-state index is 0.0710. The molecule has 1 aromatic rings. The van der Waals surface area contributed by atoms with Crippen molar-refractivity contribution in [2.45, 2.75) is 62.9 Å². The highest BCUT2D eigenvalue weighted by molar-refractivity contribution is 5.79. The molecular weight excluding hydrogens is 406 g/mol. The van der Waals surface area contributed by atoms with E-state index in [0.717, 1.165) is 82.5 Å². The SMILES string of the molecule is CN=C(NCCCOC1CCOCC1)NCC1(c2ccc(OC)c(OC)c2)CCCCC1. The van der Waals surface area contributed by atoms with E-state index in [1.807, 2.05) is 13.1 Å². The molecule has 2 fully saturated rings. The topological polar surface area (TPSA) is 73.3 Å². The van der Waals surface area contributed by atoms with Gasteiger partial charge in [-0.3, -0.25) is 4.99 Å². The Morgan fingerprint density at radius 1 is 1.06 bits per heavy atom. The van der Waals surface area contributed by atoms with Crippen LogP contribution in [0.25, 0.3) is 0 Å². The average molecular weight is 448 g/mol. The summed E-state index contributed by atoms with van der Waals surface area (Å²) in [6, 6.07) is 6.36. The van der Waals surface area contributed by atoms with E-state index in [2.05, 4.69) is 27.8 Å². The van der Waals surface area contributed by atoms with Crippen molar-refractivity contribution < 1.29 is 18.9 Å². The zero-order valence-corrected chi connectivity index (χ0v) is 20.1. The first-order chi connectivity index (χ1) is 15.7. The number of methoxy groups -OCH3 is 2. The number of hydrogen-bond acceptors (Lipinski definition) is 5. The molecule has 1 aromatic carbocycles. The second kappa shape index (κ2) is 12.9. The Kier molecular flexibility index (Phi) is 9.93. The van der Waals surface area contributed by atoms with Gasteiger partial charge < -0.3 is 29.6 Å². The minimum Gasteiger partial charge on any atom is -0.493 e. The maximum absolute atomic E-state index is 5.97. The lowest BCUT2D eigenvalue weighted by Gasteiger charge is -2.38. The molecule has 32 heavy (non-hydrogen) atoms. The normalized spacial score (nSPS) is 19.4. The van der Waals surface area contributed by atoms with Crippen LogP contribution in [0.15, 0.2) is 23.2 Å². The first-order valence-corrected chi connectivity index (χ1v) is 12.1. The van der Waals surface area contributed by atoms with Crippen LogP contribution in [0.3, 0.4) is 0 Å². The van der Waals surface area contributed by atoms with Crippen LogP contribution in [-0.4, -0.2) is 66.2 Å². The van der Waals surface area contributed by atoms with Crippen molar-refractivity contribution in [3.63, 3.8) is 0 Å². The molecule has 1 saturated heterocycles. The van der Waals surface area contributed by atoms with Crippen LogP contribution in [0.1, 0.15) is 56.9 Å². The van der Waals surface area contributed by atoms with Crippen molar-refractivity contribution in [2.75, 3.05) is 54.2 Å². The second-order valence-corrected chi connectivity index (χ2v) is 8.80. The van der Waals surface area contributed by atoms with Gasteiger partial charge in [0.25, 0.3) is 0 Å².